The van der Waals surface area contributed by atoms with Crippen LogP contribution in [-0.4, -0.2) is 43.4 Å². The summed E-state index contributed by atoms with van der Waals surface area (Å²) in [6.45, 7) is 2.03. The second kappa shape index (κ2) is 9.94. The Labute approximate surface area is 216 Å². The fourth-order valence-electron chi connectivity index (χ4n) is 4.25. The molecule has 0 fully saturated rings. The maximum Gasteiger partial charge on any atom is 0.229 e. The predicted molar refractivity (Wildman–Crippen MR) is 140 cm³/mol. The van der Waals surface area contributed by atoms with Crippen LogP contribution in [0, 0.1) is 5.82 Å². The molecule has 0 saturated carbocycles. The molecule has 0 spiro atoms. The number of benzene rings is 1. The number of methoxy groups -OCH3 is 1. The fourth-order valence-corrected chi connectivity index (χ4v) is 5.21. The minimum absolute atomic E-state index is 0.303. The first-order chi connectivity index (χ1) is 18.1. The van der Waals surface area contributed by atoms with Crippen molar-refractivity contribution in [1.29, 1.82) is 0 Å². The van der Waals surface area contributed by atoms with Gasteiger partial charge in [0.15, 0.2) is 16.8 Å². The topological polar surface area (TPSA) is 93.9 Å². The first kappa shape index (κ1) is 23.0. The van der Waals surface area contributed by atoms with E-state index in [4.69, 9.17) is 14.8 Å². The number of fused-ring (bicyclic) bond motifs is 3. The van der Waals surface area contributed by atoms with Crippen LogP contribution < -0.4 is 15.0 Å². The molecule has 1 N–H and O–H groups in total. The van der Waals surface area contributed by atoms with Crippen molar-refractivity contribution >= 4 is 28.2 Å². The summed E-state index contributed by atoms with van der Waals surface area (Å²) < 4.78 is 20.5. The van der Waals surface area contributed by atoms with Crippen molar-refractivity contribution in [3.8, 4) is 17.0 Å². The predicted octanol–water partition coefficient (Wildman–Crippen LogP) is 4.69. The molecule has 0 aliphatic carbocycles. The minimum atomic E-state index is -0.484. The molecule has 0 radical (unpaired) electrons. The number of nitrogens with one attached hydrogen (secondary N) is 1. The molecule has 5 aromatic rings. The van der Waals surface area contributed by atoms with Crippen molar-refractivity contribution in [3.63, 3.8) is 0 Å². The Morgan fingerprint density at radius 3 is 2.65 bits per heavy atom. The normalized spacial score (nSPS) is 12.5. The van der Waals surface area contributed by atoms with Crippen molar-refractivity contribution in [2.24, 2.45) is 0 Å². The largest absolute Gasteiger partial charge is 0.497 e. The van der Waals surface area contributed by atoms with E-state index in [-0.39, 0.29) is 0 Å². The molecule has 11 heteroatoms. The van der Waals surface area contributed by atoms with Crippen LogP contribution in [0.5, 0.6) is 5.75 Å². The lowest BCUT2D eigenvalue weighted by Gasteiger charge is -2.21. The lowest BCUT2D eigenvalue weighted by Crippen LogP contribution is -2.25. The number of ether oxygens (including phenoxy) is 1. The Morgan fingerprint density at radius 1 is 1.05 bits per heavy atom. The van der Waals surface area contributed by atoms with E-state index >= 15 is 0 Å². The maximum atomic E-state index is 13.2. The summed E-state index contributed by atoms with van der Waals surface area (Å²) >= 11 is 1.55. The molecule has 4 aromatic heterocycles. The zero-order chi connectivity index (χ0) is 25.2. The first-order valence-corrected chi connectivity index (χ1v) is 12.6. The summed E-state index contributed by atoms with van der Waals surface area (Å²) in [6.07, 6.45) is 6.92. The van der Waals surface area contributed by atoms with Crippen LogP contribution in [-0.2, 0) is 19.5 Å². The molecular formula is C26H23FN8OS. The van der Waals surface area contributed by atoms with Crippen molar-refractivity contribution in [1.82, 2.24) is 29.7 Å². The third-order valence-corrected chi connectivity index (χ3v) is 7.06. The number of hydrogen-bond donors (Lipinski definition) is 1. The summed E-state index contributed by atoms with van der Waals surface area (Å²) in [4.78, 5) is 20.8. The standard InChI is InChI=1S/C26H23FN8OS/c1-36-20-7-5-17(6-8-20)14-35-16-21-23-22(37-26(31-23)32-25-29-12-18(27)13-30-25)9-11-34(24(21)33-35)15-19-4-2-3-10-28-19/h2-8,10,12-13,16H,9,11,14-15H2,1H3,(H,29,30,31,32). The first-order valence-electron chi connectivity index (χ1n) is 11.7. The molecule has 1 aliphatic rings. The second-order valence-corrected chi connectivity index (χ2v) is 9.63. The van der Waals surface area contributed by atoms with E-state index in [2.05, 4.69) is 25.2 Å². The van der Waals surface area contributed by atoms with Crippen molar-refractivity contribution in [2.45, 2.75) is 19.5 Å². The third kappa shape index (κ3) is 4.98. The van der Waals surface area contributed by atoms with Gasteiger partial charge in [0, 0.05) is 30.2 Å². The third-order valence-electron chi connectivity index (χ3n) is 6.02. The Bertz CT molecular complexity index is 1500. The van der Waals surface area contributed by atoms with E-state index in [1.807, 2.05) is 59.5 Å². The molecule has 186 valence electrons. The van der Waals surface area contributed by atoms with Crippen LogP contribution in [0.4, 0.5) is 21.3 Å². The van der Waals surface area contributed by atoms with E-state index in [0.717, 1.165) is 64.3 Å². The van der Waals surface area contributed by atoms with Gasteiger partial charge in [0.2, 0.25) is 5.95 Å². The molecule has 5 heterocycles. The van der Waals surface area contributed by atoms with Crippen molar-refractivity contribution in [3.05, 3.63) is 89.2 Å². The van der Waals surface area contributed by atoms with Crippen molar-refractivity contribution < 1.29 is 9.13 Å². The van der Waals surface area contributed by atoms with Crippen LogP contribution >= 0.6 is 11.3 Å². The monoisotopic (exact) mass is 514 g/mol. The average molecular weight is 515 g/mol. The molecular weight excluding hydrogens is 491 g/mol. The van der Waals surface area contributed by atoms with Crippen LogP contribution in [0.1, 0.15) is 16.1 Å². The van der Waals surface area contributed by atoms with Gasteiger partial charge in [-0.25, -0.2) is 19.3 Å². The second-order valence-electron chi connectivity index (χ2n) is 8.55. The van der Waals surface area contributed by atoms with Gasteiger partial charge < -0.3 is 15.0 Å². The number of pyridine rings is 1. The Balaban J connectivity index is 1.34. The van der Waals surface area contributed by atoms with Gasteiger partial charge in [-0.1, -0.05) is 18.2 Å². The molecule has 9 nitrogen and oxygen atoms in total. The van der Waals surface area contributed by atoms with Crippen LogP contribution in [0.15, 0.2) is 67.3 Å². The van der Waals surface area contributed by atoms with Gasteiger partial charge >= 0.3 is 0 Å². The molecule has 0 saturated heterocycles. The van der Waals surface area contributed by atoms with E-state index in [1.165, 1.54) is 0 Å². The highest BCUT2D eigenvalue weighted by atomic mass is 32.1. The van der Waals surface area contributed by atoms with Gasteiger partial charge in [0.1, 0.15) is 5.75 Å². The van der Waals surface area contributed by atoms with E-state index in [9.17, 15) is 4.39 Å². The number of nitrogens with zero attached hydrogens (tertiary/aromatic N) is 7. The Hall–Kier alpha value is -4.38. The number of halogens is 1. The SMILES string of the molecule is COc1ccc(Cn2cc3c(n2)N(Cc2ccccn2)CCc2sc(Nc4ncc(F)cn4)nc2-3)cc1. The van der Waals surface area contributed by atoms with Gasteiger partial charge in [-0.3, -0.25) is 9.67 Å². The van der Waals surface area contributed by atoms with E-state index in [0.29, 0.717) is 24.2 Å². The quantitative estimate of drug-likeness (QED) is 0.334. The number of hydrogen-bond acceptors (Lipinski definition) is 9. The van der Waals surface area contributed by atoms with Gasteiger partial charge in [-0.05, 0) is 29.8 Å². The van der Waals surface area contributed by atoms with Gasteiger partial charge in [0.25, 0.3) is 0 Å². The number of rotatable bonds is 7. The Morgan fingerprint density at radius 2 is 1.89 bits per heavy atom. The van der Waals surface area contributed by atoms with Crippen molar-refractivity contribution in [2.75, 3.05) is 23.9 Å². The summed E-state index contributed by atoms with van der Waals surface area (Å²) in [5.74, 6) is 1.51. The lowest BCUT2D eigenvalue weighted by atomic mass is 10.2. The maximum absolute atomic E-state index is 13.2. The fraction of sp³-hybridized carbons (Fsp3) is 0.192. The number of aromatic nitrogens is 6. The molecule has 0 unspecified atom stereocenters. The Kier molecular flexibility index (Phi) is 6.19. The van der Waals surface area contributed by atoms with Gasteiger partial charge in [0.05, 0.1) is 49.5 Å². The minimum Gasteiger partial charge on any atom is -0.497 e. The summed E-state index contributed by atoms with van der Waals surface area (Å²) in [5, 5.41) is 8.75. The molecule has 0 amide bonds. The van der Waals surface area contributed by atoms with E-state index < -0.39 is 5.82 Å². The molecule has 1 aliphatic heterocycles. The number of anilines is 3. The molecule has 1 aromatic carbocycles. The summed E-state index contributed by atoms with van der Waals surface area (Å²) in [6, 6.07) is 13.9. The molecule has 37 heavy (non-hydrogen) atoms. The van der Waals surface area contributed by atoms with Gasteiger partial charge in [-0.15, -0.1) is 11.3 Å². The molecule has 0 atom stereocenters. The number of thiazole rings is 1. The summed E-state index contributed by atoms with van der Waals surface area (Å²) in [5.41, 5.74) is 3.94. The highest BCUT2D eigenvalue weighted by Gasteiger charge is 2.27. The molecule has 6 rings (SSSR count). The smallest absolute Gasteiger partial charge is 0.229 e. The van der Waals surface area contributed by atoms with Crippen LogP contribution in [0.3, 0.4) is 0 Å². The average Bonchev–Trinajstić information content (AvgIpc) is 3.50. The zero-order valence-electron chi connectivity index (χ0n) is 20.0. The lowest BCUT2D eigenvalue weighted by molar-refractivity contribution is 0.414. The van der Waals surface area contributed by atoms with Crippen LogP contribution in [0.2, 0.25) is 0 Å². The highest BCUT2D eigenvalue weighted by Crippen LogP contribution is 2.40. The zero-order valence-corrected chi connectivity index (χ0v) is 20.8. The molecule has 0 bridgehead atoms. The van der Waals surface area contributed by atoms with E-state index in [1.54, 1.807) is 18.4 Å². The highest BCUT2D eigenvalue weighted by molar-refractivity contribution is 7.16. The summed E-state index contributed by atoms with van der Waals surface area (Å²) in [7, 11) is 1.66. The van der Waals surface area contributed by atoms with Gasteiger partial charge in [-0.2, -0.15) is 5.10 Å². The van der Waals surface area contributed by atoms with Crippen LogP contribution in [0.25, 0.3) is 11.3 Å².